The van der Waals surface area contributed by atoms with E-state index in [2.05, 4.69) is 50.4 Å². The van der Waals surface area contributed by atoms with E-state index >= 15 is 0 Å². The largest absolute Gasteiger partial charge is 0.462 e. The Bertz CT molecular complexity index is 1120. The zero-order chi connectivity index (χ0) is 51.6. The minimum Gasteiger partial charge on any atom is -0.462 e. The van der Waals surface area contributed by atoms with Crippen LogP contribution in [-0.4, -0.2) is 46.9 Å². The second-order valence-electron chi connectivity index (χ2n) is 22.2. The molecule has 3 atom stereocenters. The molecule has 0 fully saturated rings. The Balaban J connectivity index is 4.52. The molecule has 6 nitrogen and oxygen atoms in total. The maximum Gasteiger partial charge on any atom is 0.306 e. The molecule has 3 N–H and O–H groups in total. The predicted molar refractivity (Wildman–Crippen MR) is 310 cm³/mol. The Hall–Kier alpha value is -1.66. The first-order chi connectivity index (χ1) is 35.0. The van der Waals surface area contributed by atoms with E-state index in [0.29, 0.717) is 19.3 Å². The van der Waals surface area contributed by atoms with Crippen molar-refractivity contribution in [1.82, 2.24) is 5.32 Å². The zero-order valence-corrected chi connectivity index (χ0v) is 48.1. The molecule has 1 amide bonds. The highest BCUT2D eigenvalue weighted by atomic mass is 16.5. The van der Waals surface area contributed by atoms with Gasteiger partial charge in [-0.2, -0.15) is 0 Å². The van der Waals surface area contributed by atoms with Crippen LogP contribution in [-0.2, 0) is 14.3 Å². The molecule has 0 radical (unpaired) electrons. The van der Waals surface area contributed by atoms with Gasteiger partial charge in [0.25, 0.3) is 0 Å². The third kappa shape index (κ3) is 54.4. The molecular formula is C65H125NO5. The molecule has 0 aliphatic heterocycles. The molecular weight excluding hydrogens is 875 g/mol. The van der Waals surface area contributed by atoms with Crippen molar-refractivity contribution in [2.24, 2.45) is 0 Å². The van der Waals surface area contributed by atoms with Gasteiger partial charge in [-0.3, -0.25) is 9.59 Å². The minimum atomic E-state index is -0.788. The summed E-state index contributed by atoms with van der Waals surface area (Å²) in [6, 6.07) is -0.702. The summed E-state index contributed by atoms with van der Waals surface area (Å²) in [5.74, 6) is -0.466. The molecule has 0 aliphatic carbocycles. The molecule has 0 rings (SSSR count). The molecule has 0 bridgehead atoms. The lowest BCUT2D eigenvalue weighted by Gasteiger charge is -2.24. The number of esters is 1. The number of hydrogen-bond acceptors (Lipinski definition) is 5. The summed E-state index contributed by atoms with van der Waals surface area (Å²) >= 11 is 0. The number of aliphatic hydroxyl groups is 2. The lowest BCUT2D eigenvalue weighted by atomic mass is 10.0. The van der Waals surface area contributed by atoms with Crippen molar-refractivity contribution in [3.63, 3.8) is 0 Å². The number of hydrogen-bond donors (Lipinski definition) is 3. The average molecular weight is 1000 g/mol. The molecule has 0 heterocycles. The first kappa shape index (κ1) is 69.3. The van der Waals surface area contributed by atoms with Crippen LogP contribution in [0.15, 0.2) is 24.3 Å². The Morgan fingerprint density at radius 3 is 1.04 bits per heavy atom. The predicted octanol–water partition coefficient (Wildman–Crippen LogP) is 20.2. The highest BCUT2D eigenvalue weighted by Crippen LogP contribution is 2.19. The van der Waals surface area contributed by atoms with Crippen molar-refractivity contribution in [2.45, 2.75) is 373 Å². The maximum absolute atomic E-state index is 13.3. The van der Waals surface area contributed by atoms with Gasteiger partial charge in [-0.15, -0.1) is 0 Å². The van der Waals surface area contributed by atoms with E-state index in [1.54, 1.807) is 0 Å². The van der Waals surface area contributed by atoms with E-state index in [1.807, 2.05) is 0 Å². The molecule has 0 aromatic heterocycles. The van der Waals surface area contributed by atoms with Crippen molar-refractivity contribution in [2.75, 3.05) is 6.61 Å². The molecule has 3 unspecified atom stereocenters. The summed E-state index contributed by atoms with van der Waals surface area (Å²) in [6.07, 6.45) is 71.1. The highest BCUT2D eigenvalue weighted by Gasteiger charge is 2.24. The highest BCUT2D eigenvalue weighted by molar-refractivity contribution is 5.77. The van der Waals surface area contributed by atoms with E-state index in [9.17, 15) is 19.8 Å². The van der Waals surface area contributed by atoms with Gasteiger partial charge in [-0.25, -0.2) is 0 Å². The van der Waals surface area contributed by atoms with E-state index in [4.69, 9.17) is 4.74 Å². The first-order valence-electron chi connectivity index (χ1n) is 32.1. The lowest BCUT2D eigenvalue weighted by Crippen LogP contribution is -2.46. The fourth-order valence-corrected chi connectivity index (χ4v) is 10.2. The zero-order valence-electron chi connectivity index (χ0n) is 48.1. The Kier molecular flexibility index (Phi) is 57.8. The minimum absolute atomic E-state index is 0.0781. The molecule has 0 aromatic carbocycles. The topological polar surface area (TPSA) is 95.9 Å². The smallest absolute Gasteiger partial charge is 0.306 e. The number of carbonyl (C=O) groups is 2. The van der Waals surface area contributed by atoms with Gasteiger partial charge < -0.3 is 20.3 Å². The van der Waals surface area contributed by atoms with Gasteiger partial charge in [-0.1, -0.05) is 315 Å². The second-order valence-corrected chi connectivity index (χ2v) is 22.2. The number of rotatable bonds is 59. The summed E-state index contributed by atoms with van der Waals surface area (Å²) in [7, 11) is 0. The maximum atomic E-state index is 13.3. The molecule has 0 saturated carbocycles. The average Bonchev–Trinajstić information content (AvgIpc) is 3.36. The van der Waals surface area contributed by atoms with E-state index in [1.165, 1.54) is 257 Å². The Labute approximate surface area is 443 Å². The van der Waals surface area contributed by atoms with Crippen LogP contribution in [0.4, 0.5) is 0 Å². The molecule has 0 aromatic rings. The van der Waals surface area contributed by atoms with Crippen molar-refractivity contribution in [3.8, 4) is 0 Å². The van der Waals surface area contributed by atoms with Crippen molar-refractivity contribution in [3.05, 3.63) is 24.3 Å². The van der Waals surface area contributed by atoms with Gasteiger partial charge in [0, 0.05) is 6.42 Å². The van der Waals surface area contributed by atoms with Crippen LogP contribution in [0.1, 0.15) is 355 Å². The fourth-order valence-electron chi connectivity index (χ4n) is 10.2. The molecule has 0 aliphatic rings. The number of unbranched alkanes of at least 4 members (excludes halogenated alkanes) is 44. The van der Waals surface area contributed by atoms with Gasteiger partial charge in [-0.05, 0) is 51.4 Å². The van der Waals surface area contributed by atoms with E-state index in [0.717, 1.165) is 51.4 Å². The second kappa shape index (κ2) is 59.2. The SMILES string of the molecule is CCCCCCCCC/C=C/C=C/CCCCCCCC(=O)OC(CCCCCCCCCCCCCCCCCCC)CC(=O)NC(CO)C(O)CCCCCCCCCCCCCCCCCCC. The van der Waals surface area contributed by atoms with Crippen molar-refractivity contribution < 1.29 is 24.5 Å². The number of nitrogens with one attached hydrogen (secondary N) is 1. The number of ether oxygens (including phenoxy) is 1. The fraction of sp³-hybridized carbons (Fsp3) is 0.908. The van der Waals surface area contributed by atoms with Gasteiger partial charge >= 0.3 is 5.97 Å². The van der Waals surface area contributed by atoms with Crippen LogP contribution >= 0.6 is 0 Å². The molecule has 0 spiro atoms. The van der Waals surface area contributed by atoms with Gasteiger partial charge in [0.1, 0.15) is 6.10 Å². The normalized spacial score (nSPS) is 13.1. The molecule has 6 heteroatoms. The molecule has 0 saturated heterocycles. The van der Waals surface area contributed by atoms with Gasteiger partial charge in [0.05, 0.1) is 25.2 Å². The molecule has 420 valence electrons. The van der Waals surface area contributed by atoms with Crippen LogP contribution in [0.2, 0.25) is 0 Å². The lowest BCUT2D eigenvalue weighted by molar-refractivity contribution is -0.151. The number of carbonyl (C=O) groups excluding carboxylic acids is 2. The molecule has 71 heavy (non-hydrogen) atoms. The summed E-state index contributed by atoms with van der Waals surface area (Å²) < 4.78 is 5.99. The first-order valence-corrected chi connectivity index (χ1v) is 32.1. The Morgan fingerprint density at radius 1 is 0.408 bits per heavy atom. The monoisotopic (exact) mass is 1000 g/mol. The van der Waals surface area contributed by atoms with E-state index < -0.39 is 18.2 Å². The summed E-state index contributed by atoms with van der Waals surface area (Å²) in [5.41, 5.74) is 0. The summed E-state index contributed by atoms with van der Waals surface area (Å²) in [4.78, 5) is 26.4. The number of aliphatic hydroxyl groups excluding tert-OH is 2. The quantitative estimate of drug-likeness (QED) is 0.0320. The van der Waals surface area contributed by atoms with Gasteiger partial charge in [0.15, 0.2) is 0 Å². The van der Waals surface area contributed by atoms with E-state index in [-0.39, 0.29) is 24.9 Å². The summed E-state index contributed by atoms with van der Waals surface area (Å²) in [5, 5.41) is 24.0. The number of allylic oxidation sites excluding steroid dienone is 4. The Morgan fingerprint density at radius 2 is 0.704 bits per heavy atom. The van der Waals surface area contributed by atoms with Crippen LogP contribution in [0.25, 0.3) is 0 Å². The van der Waals surface area contributed by atoms with Crippen LogP contribution in [0.3, 0.4) is 0 Å². The standard InChI is InChI=1S/C65H125NO5/c1-4-7-10-13-16-19-22-25-28-31-34-37-40-43-46-49-52-55-58-65(70)71-61(56-53-50-47-44-41-38-35-32-29-26-23-20-17-14-11-8-5-2)59-64(69)66-62(60-67)63(68)57-54-51-48-45-42-39-36-33-30-27-24-21-18-15-12-9-6-3/h28,31,34,37,61-63,67-68H,4-27,29-30,32-33,35-36,38-60H2,1-3H3,(H,66,69)/b31-28+,37-34+. The van der Waals surface area contributed by atoms with Crippen molar-refractivity contribution in [1.29, 1.82) is 0 Å². The summed E-state index contributed by atoms with van der Waals surface area (Å²) in [6.45, 7) is 6.54. The third-order valence-corrected chi connectivity index (χ3v) is 15.1. The van der Waals surface area contributed by atoms with Crippen molar-refractivity contribution >= 4 is 11.9 Å². The number of amides is 1. The van der Waals surface area contributed by atoms with Gasteiger partial charge in [0.2, 0.25) is 5.91 Å². The van der Waals surface area contributed by atoms with Crippen LogP contribution < -0.4 is 5.32 Å². The third-order valence-electron chi connectivity index (χ3n) is 15.1. The van der Waals surface area contributed by atoms with Crippen LogP contribution in [0, 0.1) is 0 Å². The van der Waals surface area contributed by atoms with Crippen LogP contribution in [0.5, 0.6) is 0 Å².